The van der Waals surface area contributed by atoms with Gasteiger partial charge in [0, 0.05) is 41.8 Å². The molecule has 0 saturated carbocycles. The van der Waals surface area contributed by atoms with Gasteiger partial charge in [-0.2, -0.15) is 0 Å². The summed E-state index contributed by atoms with van der Waals surface area (Å²) in [5, 5.41) is 0.649. The van der Waals surface area contributed by atoms with Crippen molar-refractivity contribution < 1.29 is 17.6 Å². The predicted molar refractivity (Wildman–Crippen MR) is 144 cm³/mol. The number of sulfonamides is 1. The number of hydrogen-bond donors (Lipinski definition) is 0. The van der Waals surface area contributed by atoms with Crippen LogP contribution in [0.5, 0.6) is 0 Å². The molecule has 3 aromatic carbocycles. The molecule has 1 heterocycles. The van der Waals surface area contributed by atoms with Crippen molar-refractivity contribution in [2.24, 2.45) is 0 Å². The molecule has 1 aliphatic rings. The van der Waals surface area contributed by atoms with Crippen LogP contribution < -0.4 is 9.21 Å². The number of benzene rings is 3. The van der Waals surface area contributed by atoms with E-state index in [0.29, 0.717) is 31.2 Å². The minimum absolute atomic E-state index is 0.0404. The summed E-state index contributed by atoms with van der Waals surface area (Å²) in [4.78, 5) is 18.1. The Bertz CT molecular complexity index is 1340. The molecule has 0 aromatic heterocycles. The van der Waals surface area contributed by atoms with Gasteiger partial charge in [-0.05, 0) is 73.3 Å². The molecule has 0 aliphatic carbocycles. The maximum Gasteiger partial charge on any atom is 0.264 e. The van der Waals surface area contributed by atoms with Crippen molar-refractivity contribution in [2.45, 2.75) is 16.7 Å². The van der Waals surface area contributed by atoms with Gasteiger partial charge in [-0.15, -0.1) is 11.8 Å². The van der Waals surface area contributed by atoms with Crippen LogP contribution in [0.3, 0.4) is 0 Å². The summed E-state index contributed by atoms with van der Waals surface area (Å²) in [7, 11) is -4.11. The number of carbonyl (C=O) groups is 1. The lowest BCUT2D eigenvalue weighted by Gasteiger charge is -2.37. The Labute approximate surface area is 220 Å². The summed E-state index contributed by atoms with van der Waals surface area (Å²) in [6, 6.07) is 17.4. The maximum absolute atomic E-state index is 14.0. The third kappa shape index (κ3) is 5.79. The van der Waals surface area contributed by atoms with Crippen LogP contribution in [0.2, 0.25) is 5.02 Å². The van der Waals surface area contributed by atoms with Crippen LogP contribution in [0.4, 0.5) is 15.8 Å². The van der Waals surface area contributed by atoms with E-state index < -0.39 is 22.4 Å². The highest BCUT2D eigenvalue weighted by molar-refractivity contribution is 7.98. The lowest BCUT2D eigenvalue weighted by molar-refractivity contribution is -0.129. The molecule has 0 N–H and O–H groups in total. The van der Waals surface area contributed by atoms with Gasteiger partial charge in [0.25, 0.3) is 10.0 Å². The number of piperazine rings is 1. The number of nitrogens with zero attached hydrogens (tertiary/aromatic N) is 3. The first-order valence-corrected chi connectivity index (χ1v) is 14.4. The fourth-order valence-electron chi connectivity index (χ4n) is 4.16. The van der Waals surface area contributed by atoms with Crippen LogP contribution in [0, 0.1) is 12.7 Å². The summed E-state index contributed by atoms with van der Waals surface area (Å²) in [5.74, 6) is -0.922. The maximum atomic E-state index is 14.0. The van der Waals surface area contributed by atoms with Crippen LogP contribution in [0.15, 0.2) is 76.5 Å². The largest absolute Gasteiger partial charge is 0.368 e. The van der Waals surface area contributed by atoms with E-state index in [0.717, 1.165) is 26.5 Å². The van der Waals surface area contributed by atoms with Gasteiger partial charge in [-0.1, -0.05) is 23.7 Å². The van der Waals surface area contributed by atoms with Gasteiger partial charge in [0.05, 0.1) is 10.6 Å². The smallest absolute Gasteiger partial charge is 0.264 e. The standard InChI is InChI=1S/C26H27ClFN3O3S2/c1-19-6-7-20(27)16-25(19)29-12-14-30(15-13-29)26(32)18-31(22-5-3-4-21(28)17-22)36(33,34)24-10-8-23(35-2)9-11-24/h3-11,16-17H,12-15,18H2,1-2H3. The normalized spacial score (nSPS) is 14.1. The molecule has 0 atom stereocenters. The first kappa shape index (κ1) is 26.3. The molecule has 6 nitrogen and oxygen atoms in total. The molecule has 4 rings (SSSR count). The third-order valence-electron chi connectivity index (χ3n) is 6.17. The highest BCUT2D eigenvalue weighted by Crippen LogP contribution is 2.28. The van der Waals surface area contributed by atoms with E-state index in [1.165, 1.54) is 42.1 Å². The zero-order chi connectivity index (χ0) is 25.9. The zero-order valence-corrected chi connectivity index (χ0v) is 22.4. The van der Waals surface area contributed by atoms with E-state index in [4.69, 9.17) is 11.6 Å². The molecule has 0 spiro atoms. The number of aryl methyl sites for hydroxylation is 1. The first-order chi connectivity index (χ1) is 17.2. The zero-order valence-electron chi connectivity index (χ0n) is 20.0. The molecule has 1 saturated heterocycles. The molecule has 3 aromatic rings. The Hall–Kier alpha value is -2.75. The number of rotatable bonds is 7. The monoisotopic (exact) mass is 547 g/mol. The van der Waals surface area contributed by atoms with Gasteiger partial charge < -0.3 is 9.80 Å². The average molecular weight is 548 g/mol. The second-order valence-corrected chi connectivity index (χ2v) is 11.6. The molecule has 190 valence electrons. The van der Waals surface area contributed by atoms with Gasteiger partial charge in [-0.3, -0.25) is 9.10 Å². The average Bonchev–Trinajstić information content (AvgIpc) is 2.88. The highest BCUT2D eigenvalue weighted by atomic mass is 35.5. The molecular formula is C26H27ClFN3O3S2. The van der Waals surface area contributed by atoms with Crippen molar-refractivity contribution in [2.75, 3.05) is 48.2 Å². The number of carbonyl (C=O) groups excluding carboxylic acids is 1. The van der Waals surface area contributed by atoms with E-state index in [1.54, 1.807) is 17.0 Å². The number of anilines is 2. The molecule has 10 heteroatoms. The SMILES string of the molecule is CSc1ccc(S(=O)(=O)N(CC(=O)N2CCN(c3cc(Cl)ccc3C)CC2)c2cccc(F)c2)cc1. The van der Waals surface area contributed by atoms with E-state index in [9.17, 15) is 17.6 Å². The minimum atomic E-state index is -4.11. The summed E-state index contributed by atoms with van der Waals surface area (Å²) >= 11 is 7.66. The first-order valence-electron chi connectivity index (χ1n) is 11.4. The summed E-state index contributed by atoms with van der Waals surface area (Å²) in [6.45, 7) is 3.64. The lowest BCUT2D eigenvalue weighted by Crippen LogP contribution is -2.52. The van der Waals surface area contributed by atoms with Crippen LogP contribution >= 0.6 is 23.4 Å². The van der Waals surface area contributed by atoms with Gasteiger partial charge in [0.1, 0.15) is 12.4 Å². The minimum Gasteiger partial charge on any atom is -0.368 e. The van der Waals surface area contributed by atoms with Crippen molar-refractivity contribution in [1.82, 2.24) is 4.90 Å². The Kier molecular flexibility index (Phi) is 8.12. The fourth-order valence-corrected chi connectivity index (χ4v) is 6.14. The van der Waals surface area contributed by atoms with E-state index in [1.807, 2.05) is 31.4 Å². The molecular weight excluding hydrogens is 521 g/mol. The Morgan fingerprint density at radius 2 is 1.72 bits per heavy atom. The molecule has 0 radical (unpaired) electrons. The Morgan fingerprint density at radius 3 is 2.36 bits per heavy atom. The number of hydrogen-bond acceptors (Lipinski definition) is 5. The van der Waals surface area contributed by atoms with Crippen molar-refractivity contribution in [3.05, 3.63) is 83.1 Å². The molecule has 1 aliphatic heterocycles. The number of halogens is 2. The van der Waals surface area contributed by atoms with Crippen molar-refractivity contribution in [3.63, 3.8) is 0 Å². The van der Waals surface area contributed by atoms with Gasteiger partial charge in [-0.25, -0.2) is 12.8 Å². The molecule has 1 fully saturated rings. The molecule has 1 amide bonds. The topological polar surface area (TPSA) is 60.9 Å². The molecule has 0 bridgehead atoms. The number of amides is 1. The summed E-state index contributed by atoms with van der Waals surface area (Å²) in [5.41, 5.74) is 2.22. The molecule has 0 unspecified atom stereocenters. The van der Waals surface area contributed by atoms with Crippen molar-refractivity contribution >= 4 is 50.7 Å². The lowest BCUT2D eigenvalue weighted by atomic mass is 10.1. The summed E-state index contributed by atoms with van der Waals surface area (Å²) < 4.78 is 42.2. The van der Waals surface area contributed by atoms with Crippen LogP contribution in [0.25, 0.3) is 0 Å². The Morgan fingerprint density at radius 1 is 1.03 bits per heavy atom. The van der Waals surface area contributed by atoms with Gasteiger partial charge >= 0.3 is 0 Å². The van der Waals surface area contributed by atoms with Gasteiger partial charge in [0.15, 0.2) is 0 Å². The quantitative estimate of drug-likeness (QED) is 0.387. The van der Waals surface area contributed by atoms with E-state index in [2.05, 4.69) is 4.90 Å². The van der Waals surface area contributed by atoms with Crippen molar-refractivity contribution in [3.8, 4) is 0 Å². The third-order valence-corrected chi connectivity index (χ3v) is 8.93. The second kappa shape index (κ2) is 11.1. The van der Waals surface area contributed by atoms with E-state index >= 15 is 0 Å². The van der Waals surface area contributed by atoms with Crippen LogP contribution in [-0.4, -0.2) is 58.2 Å². The number of thioether (sulfide) groups is 1. The molecule has 36 heavy (non-hydrogen) atoms. The van der Waals surface area contributed by atoms with Crippen LogP contribution in [0.1, 0.15) is 5.56 Å². The predicted octanol–water partition coefficient (Wildman–Crippen LogP) is 5.05. The second-order valence-electron chi connectivity index (χ2n) is 8.47. The fraction of sp³-hybridized carbons (Fsp3) is 0.269. The summed E-state index contributed by atoms with van der Waals surface area (Å²) in [6.07, 6.45) is 1.90. The van der Waals surface area contributed by atoms with Crippen molar-refractivity contribution in [1.29, 1.82) is 0 Å². The van der Waals surface area contributed by atoms with Gasteiger partial charge in [0.2, 0.25) is 5.91 Å². The van der Waals surface area contributed by atoms with Crippen LogP contribution in [-0.2, 0) is 14.8 Å². The Balaban J connectivity index is 1.54. The highest BCUT2D eigenvalue weighted by Gasteiger charge is 2.30. The van der Waals surface area contributed by atoms with E-state index in [-0.39, 0.29) is 16.5 Å².